The van der Waals surface area contributed by atoms with Gasteiger partial charge >= 0.3 is 5.97 Å². The van der Waals surface area contributed by atoms with Crippen LogP contribution in [0.25, 0.3) is 0 Å². The van der Waals surface area contributed by atoms with E-state index in [0.29, 0.717) is 33.5 Å². The number of methoxy groups -OCH3 is 3. The Balaban J connectivity index is 1.58. The van der Waals surface area contributed by atoms with Crippen LogP contribution in [0.2, 0.25) is 5.02 Å². The third kappa shape index (κ3) is 6.82. The summed E-state index contributed by atoms with van der Waals surface area (Å²) in [6.45, 7) is -0.413. The molecule has 34 heavy (non-hydrogen) atoms. The number of hydrogen-bond acceptors (Lipinski definition) is 7. The summed E-state index contributed by atoms with van der Waals surface area (Å²) >= 11 is 7.43. The summed E-state index contributed by atoms with van der Waals surface area (Å²) in [5.41, 5.74) is 1.22. The average Bonchev–Trinajstić information content (AvgIpc) is 2.84. The molecule has 3 rings (SSSR count). The molecule has 0 spiro atoms. The minimum absolute atomic E-state index is 0.0625. The number of esters is 1. The van der Waals surface area contributed by atoms with Crippen molar-refractivity contribution in [1.29, 1.82) is 0 Å². The molecule has 0 aliphatic carbocycles. The molecule has 1 amide bonds. The molecule has 0 saturated carbocycles. The highest BCUT2D eigenvalue weighted by molar-refractivity contribution is 7.99. The fourth-order valence-electron chi connectivity index (χ4n) is 3.08. The molecule has 0 fully saturated rings. The van der Waals surface area contributed by atoms with E-state index in [1.165, 1.54) is 33.1 Å². The molecule has 3 aromatic carbocycles. The van der Waals surface area contributed by atoms with Gasteiger partial charge in [0.05, 0.1) is 33.4 Å². The molecule has 9 heteroatoms. The van der Waals surface area contributed by atoms with Crippen molar-refractivity contribution in [2.24, 2.45) is 0 Å². The van der Waals surface area contributed by atoms with E-state index in [0.717, 1.165) is 9.79 Å². The Labute approximate surface area is 207 Å². The molecule has 0 atom stereocenters. The minimum atomic E-state index is -0.562. The van der Waals surface area contributed by atoms with Crippen LogP contribution in [0.3, 0.4) is 0 Å². The fourth-order valence-corrected chi connectivity index (χ4v) is 4.10. The van der Waals surface area contributed by atoms with Gasteiger partial charge in [-0.3, -0.25) is 9.59 Å². The van der Waals surface area contributed by atoms with Crippen LogP contribution in [0.4, 0.5) is 5.69 Å². The van der Waals surface area contributed by atoms with Crippen LogP contribution < -0.4 is 19.5 Å². The number of para-hydroxylation sites is 1. The van der Waals surface area contributed by atoms with Crippen LogP contribution in [0.1, 0.15) is 5.56 Å². The smallest absolute Gasteiger partial charge is 0.310 e. The van der Waals surface area contributed by atoms with Crippen molar-refractivity contribution in [3.05, 3.63) is 71.2 Å². The summed E-state index contributed by atoms with van der Waals surface area (Å²) in [5, 5.41) is 3.45. The van der Waals surface area contributed by atoms with Gasteiger partial charge in [-0.1, -0.05) is 35.5 Å². The Kier molecular flexibility index (Phi) is 9.07. The molecule has 0 radical (unpaired) electrons. The largest absolute Gasteiger partial charge is 0.493 e. The number of halogens is 1. The summed E-state index contributed by atoms with van der Waals surface area (Å²) in [5.74, 6) is 0.279. The Morgan fingerprint density at radius 3 is 2.18 bits per heavy atom. The fraction of sp³-hybridized carbons (Fsp3) is 0.200. The van der Waals surface area contributed by atoms with Crippen molar-refractivity contribution < 1.29 is 28.5 Å². The van der Waals surface area contributed by atoms with Gasteiger partial charge in [0.2, 0.25) is 5.75 Å². The molecule has 3 aromatic rings. The molecule has 0 aliphatic heterocycles. The van der Waals surface area contributed by atoms with Gasteiger partial charge in [-0.25, -0.2) is 0 Å². The first kappa shape index (κ1) is 25.3. The first-order valence-corrected chi connectivity index (χ1v) is 11.4. The molecule has 7 nitrogen and oxygen atoms in total. The van der Waals surface area contributed by atoms with Gasteiger partial charge in [0.25, 0.3) is 5.91 Å². The Morgan fingerprint density at radius 1 is 0.912 bits per heavy atom. The minimum Gasteiger partial charge on any atom is -0.493 e. The zero-order chi connectivity index (χ0) is 24.5. The maximum absolute atomic E-state index is 12.4. The third-order valence-electron chi connectivity index (χ3n) is 4.64. The zero-order valence-corrected chi connectivity index (χ0v) is 20.5. The highest BCUT2D eigenvalue weighted by Gasteiger charge is 2.16. The van der Waals surface area contributed by atoms with E-state index in [1.54, 1.807) is 30.3 Å². The van der Waals surface area contributed by atoms with Crippen molar-refractivity contribution in [1.82, 2.24) is 0 Å². The van der Waals surface area contributed by atoms with Gasteiger partial charge in [0, 0.05) is 14.8 Å². The highest BCUT2D eigenvalue weighted by atomic mass is 35.5. The molecule has 0 aliphatic rings. The molecular formula is C25H24ClNO6S. The normalized spacial score (nSPS) is 10.4. The van der Waals surface area contributed by atoms with E-state index in [-0.39, 0.29) is 6.42 Å². The summed E-state index contributed by atoms with van der Waals surface area (Å²) in [6, 6.07) is 18.1. The van der Waals surface area contributed by atoms with Crippen LogP contribution in [-0.2, 0) is 20.7 Å². The van der Waals surface area contributed by atoms with E-state index in [9.17, 15) is 9.59 Å². The summed E-state index contributed by atoms with van der Waals surface area (Å²) in [7, 11) is 4.48. The Bertz CT molecular complexity index is 1130. The lowest BCUT2D eigenvalue weighted by atomic mass is 10.1. The van der Waals surface area contributed by atoms with Crippen molar-refractivity contribution in [3.63, 3.8) is 0 Å². The molecule has 0 heterocycles. The second kappa shape index (κ2) is 12.2. The predicted molar refractivity (Wildman–Crippen MR) is 131 cm³/mol. The molecule has 178 valence electrons. The van der Waals surface area contributed by atoms with Gasteiger partial charge in [0.15, 0.2) is 18.1 Å². The lowest BCUT2D eigenvalue weighted by Gasteiger charge is -2.14. The van der Waals surface area contributed by atoms with Crippen molar-refractivity contribution in [2.75, 3.05) is 33.3 Å². The van der Waals surface area contributed by atoms with E-state index >= 15 is 0 Å². The van der Waals surface area contributed by atoms with E-state index in [2.05, 4.69) is 5.32 Å². The summed E-state index contributed by atoms with van der Waals surface area (Å²) < 4.78 is 21.0. The zero-order valence-electron chi connectivity index (χ0n) is 18.9. The highest BCUT2D eigenvalue weighted by Crippen LogP contribution is 2.38. The van der Waals surface area contributed by atoms with Gasteiger partial charge in [-0.15, -0.1) is 0 Å². The third-order valence-corrected chi connectivity index (χ3v) is 5.98. The number of ether oxygens (including phenoxy) is 4. The number of rotatable bonds is 10. The van der Waals surface area contributed by atoms with Crippen molar-refractivity contribution in [2.45, 2.75) is 16.2 Å². The van der Waals surface area contributed by atoms with Gasteiger partial charge < -0.3 is 24.3 Å². The number of hydrogen-bond donors (Lipinski definition) is 1. The van der Waals surface area contributed by atoms with Crippen molar-refractivity contribution >= 4 is 40.9 Å². The average molecular weight is 502 g/mol. The van der Waals surface area contributed by atoms with E-state index in [4.69, 9.17) is 30.5 Å². The SMILES string of the molecule is COc1cc(CC(=O)OCC(=O)Nc2ccccc2Sc2ccc(Cl)cc2)cc(OC)c1OC. The maximum Gasteiger partial charge on any atom is 0.310 e. The number of carbonyl (C=O) groups excluding carboxylic acids is 2. The summed E-state index contributed by atoms with van der Waals surface area (Å²) in [4.78, 5) is 26.6. The van der Waals surface area contributed by atoms with Gasteiger partial charge in [-0.05, 0) is 54.1 Å². The monoisotopic (exact) mass is 501 g/mol. The summed E-state index contributed by atoms with van der Waals surface area (Å²) in [6.07, 6.45) is -0.0625. The first-order valence-electron chi connectivity index (χ1n) is 10.2. The molecule has 0 unspecified atom stereocenters. The number of nitrogens with one attached hydrogen (secondary N) is 1. The second-order valence-electron chi connectivity index (χ2n) is 6.97. The lowest BCUT2D eigenvalue weighted by Crippen LogP contribution is -2.22. The molecule has 0 bridgehead atoms. The number of anilines is 1. The first-order chi connectivity index (χ1) is 16.4. The molecule has 0 aromatic heterocycles. The van der Waals surface area contributed by atoms with E-state index in [1.807, 2.05) is 30.3 Å². The molecule has 0 saturated heterocycles. The number of carbonyl (C=O) groups is 2. The lowest BCUT2D eigenvalue weighted by molar-refractivity contribution is -0.146. The second-order valence-corrected chi connectivity index (χ2v) is 8.52. The standard InChI is InChI=1S/C25H24ClNO6S/c1-30-20-12-16(13-21(31-2)25(20)32-3)14-24(29)33-15-23(28)27-19-6-4-5-7-22(19)34-18-10-8-17(26)9-11-18/h4-13H,14-15H2,1-3H3,(H,27,28). The maximum atomic E-state index is 12.4. The van der Waals surface area contributed by atoms with Crippen LogP contribution in [0, 0.1) is 0 Å². The number of amides is 1. The Morgan fingerprint density at radius 2 is 1.56 bits per heavy atom. The van der Waals surface area contributed by atoms with Crippen LogP contribution in [0.15, 0.2) is 70.5 Å². The predicted octanol–water partition coefficient (Wildman–Crippen LogP) is 5.24. The van der Waals surface area contributed by atoms with Crippen molar-refractivity contribution in [3.8, 4) is 17.2 Å². The van der Waals surface area contributed by atoms with Crippen LogP contribution >= 0.6 is 23.4 Å². The van der Waals surface area contributed by atoms with Crippen LogP contribution in [-0.4, -0.2) is 39.8 Å². The molecular weight excluding hydrogens is 478 g/mol. The number of benzene rings is 3. The van der Waals surface area contributed by atoms with Gasteiger partial charge in [0.1, 0.15) is 0 Å². The van der Waals surface area contributed by atoms with Crippen LogP contribution in [0.5, 0.6) is 17.2 Å². The molecule has 1 N–H and O–H groups in total. The topological polar surface area (TPSA) is 83.1 Å². The Hall–Kier alpha value is -3.36. The van der Waals surface area contributed by atoms with E-state index < -0.39 is 18.5 Å². The quantitative estimate of drug-likeness (QED) is 0.380. The van der Waals surface area contributed by atoms with Gasteiger partial charge in [-0.2, -0.15) is 0 Å².